The highest BCUT2D eigenvalue weighted by atomic mass is 127. The first-order valence-electron chi connectivity index (χ1n) is 10.6. The van der Waals surface area contributed by atoms with Crippen LogP contribution in [-0.4, -0.2) is 77.6 Å². The summed E-state index contributed by atoms with van der Waals surface area (Å²) in [6.07, 6.45) is 3.46. The Labute approximate surface area is 199 Å². The van der Waals surface area contributed by atoms with E-state index in [-0.39, 0.29) is 30.1 Å². The second-order valence-electron chi connectivity index (χ2n) is 7.56. The lowest BCUT2D eigenvalue weighted by Gasteiger charge is -2.18. The molecular weight excluding hydrogens is 495 g/mol. The first-order chi connectivity index (χ1) is 14.1. The quantitative estimate of drug-likeness (QED) is 0.186. The number of hydrogen-bond donors (Lipinski definition) is 2. The number of guanidine groups is 1. The Morgan fingerprint density at radius 1 is 1.30 bits per heavy atom. The van der Waals surface area contributed by atoms with E-state index in [4.69, 9.17) is 14.2 Å². The maximum absolute atomic E-state index is 6.08. The van der Waals surface area contributed by atoms with Crippen LogP contribution in [0.5, 0.6) is 5.75 Å². The topological polar surface area (TPSA) is 67.4 Å². The number of aliphatic imine (C=N–C) groups is 1. The lowest BCUT2D eigenvalue weighted by Crippen LogP contribution is -2.38. The van der Waals surface area contributed by atoms with Crippen molar-refractivity contribution in [2.45, 2.75) is 38.8 Å². The number of rotatable bonds is 12. The average molecular weight is 534 g/mol. The van der Waals surface area contributed by atoms with Crippen LogP contribution in [0.25, 0.3) is 0 Å². The van der Waals surface area contributed by atoms with Gasteiger partial charge in [0.1, 0.15) is 12.4 Å². The van der Waals surface area contributed by atoms with Gasteiger partial charge >= 0.3 is 0 Å². The van der Waals surface area contributed by atoms with Crippen molar-refractivity contribution in [1.29, 1.82) is 0 Å². The number of hydrogen-bond acceptors (Lipinski definition) is 5. The van der Waals surface area contributed by atoms with Crippen LogP contribution in [-0.2, 0) is 16.0 Å². The monoisotopic (exact) mass is 534 g/mol. The molecule has 1 aliphatic rings. The van der Waals surface area contributed by atoms with E-state index in [2.05, 4.69) is 52.7 Å². The first-order valence-corrected chi connectivity index (χ1v) is 10.6. The molecule has 1 atom stereocenters. The predicted molar refractivity (Wildman–Crippen MR) is 133 cm³/mol. The van der Waals surface area contributed by atoms with Crippen LogP contribution in [0, 0.1) is 6.92 Å². The molecule has 1 saturated heterocycles. The molecule has 1 heterocycles. The molecule has 2 N–H and O–H groups in total. The molecule has 30 heavy (non-hydrogen) atoms. The number of nitrogens with zero attached hydrogens (tertiary/aromatic N) is 2. The number of likely N-dealkylation sites (N-methyl/N-ethyl adjacent to an activating group) is 1. The third-order valence-corrected chi connectivity index (χ3v) is 5.03. The summed E-state index contributed by atoms with van der Waals surface area (Å²) in [7, 11) is 5.64. The summed E-state index contributed by atoms with van der Waals surface area (Å²) < 4.78 is 16.9. The van der Waals surface area contributed by atoms with Crippen molar-refractivity contribution < 1.29 is 14.2 Å². The summed E-state index contributed by atoms with van der Waals surface area (Å²) in [5.74, 6) is 1.72. The average Bonchev–Trinajstić information content (AvgIpc) is 3.24. The number of ether oxygens (including phenoxy) is 3. The van der Waals surface area contributed by atoms with E-state index in [1.807, 2.05) is 0 Å². The Hall–Kier alpha value is -1.10. The molecule has 7 nitrogen and oxygen atoms in total. The zero-order valence-electron chi connectivity index (χ0n) is 18.9. The van der Waals surface area contributed by atoms with Gasteiger partial charge in [-0.1, -0.05) is 12.1 Å². The van der Waals surface area contributed by atoms with Gasteiger partial charge in [0.15, 0.2) is 5.96 Å². The second-order valence-corrected chi connectivity index (χ2v) is 7.56. The Bertz CT molecular complexity index is 624. The van der Waals surface area contributed by atoms with E-state index in [1.54, 1.807) is 14.2 Å². The standard InChI is InChI=1S/C22H38N4O3.HI/c1-18-8-9-19(21(15-18)29-17-20-7-5-13-28-20)16-25-22(23-2)24-10-6-11-26(3)12-14-27-4;/h8-9,15,20H,5-7,10-14,16-17H2,1-4H3,(H2,23,24,25);1H. The van der Waals surface area contributed by atoms with Crippen molar-refractivity contribution in [3.05, 3.63) is 29.3 Å². The highest BCUT2D eigenvalue weighted by Crippen LogP contribution is 2.22. The molecule has 0 radical (unpaired) electrons. The van der Waals surface area contributed by atoms with Gasteiger partial charge in [-0.3, -0.25) is 4.99 Å². The minimum absolute atomic E-state index is 0. The van der Waals surface area contributed by atoms with Gasteiger partial charge in [0, 0.05) is 46.0 Å². The SMILES string of the molecule is CN=C(NCCCN(C)CCOC)NCc1ccc(C)cc1OCC1CCCO1.I. The van der Waals surface area contributed by atoms with Crippen molar-refractivity contribution in [1.82, 2.24) is 15.5 Å². The summed E-state index contributed by atoms with van der Waals surface area (Å²) in [4.78, 5) is 6.59. The van der Waals surface area contributed by atoms with E-state index in [0.717, 1.165) is 69.4 Å². The van der Waals surface area contributed by atoms with E-state index < -0.39 is 0 Å². The number of halogens is 1. The third-order valence-electron chi connectivity index (χ3n) is 5.03. The van der Waals surface area contributed by atoms with Crippen molar-refractivity contribution in [2.24, 2.45) is 4.99 Å². The Morgan fingerprint density at radius 2 is 2.13 bits per heavy atom. The first kappa shape index (κ1) is 26.9. The Kier molecular flexibility index (Phi) is 14.1. The van der Waals surface area contributed by atoms with Crippen LogP contribution in [0.2, 0.25) is 0 Å². The van der Waals surface area contributed by atoms with Gasteiger partial charge in [-0.25, -0.2) is 0 Å². The highest BCUT2D eigenvalue weighted by Gasteiger charge is 2.17. The third kappa shape index (κ3) is 10.3. The minimum Gasteiger partial charge on any atom is -0.491 e. The van der Waals surface area contributed by atoms with E-state index >= 15 is 0 Å². The molecule has 0 spiro atoms. The number of nitrogens with one attached hydrogen (secondary N) is 2. The Balaban J connectivity index is 0.00000450. The zero-order valence-corrected chi connectivity index (χ0v) is 21.2. The lowest BCUT2D eigenvalue weighted by atomic mass is 10.1. The van der Waals surface area contributed by atoms with Gasteiger partial charge in [-0.05, 0) is 51.4 Å². The second kappa shape index (κ2) is 15.7. The van der Waals surface area contributed by atoms with Gasteiger partial charge in [0.2, 0.25) is 0 Å². The molecule has 0 saturated carbocycles. The van der Waals surface area contributed by atoms with Crippen LogP contribution < -0.4 is 15.4 Å². The molecule has 172 valence electrons. The zero-order chi connectivity index (χ0) is 20.9. The summed E-state index contributed by atoms with van der Waals surface area (Å²) in [6.45, 7) is 7.81. The highest BCUT2D eigenvalue weighted by molar-refractivity contribution is 14.0. The van der Waals surface area contributed by atoms with Crippen LogP contribution in [0.4, 0.5) is 0 Å². The maximum atomic E-state index is 6.08. The number of aryl methyl sites for hydroxylation is 1. The molecule has 0 bridgehead atoms. The fourth-order valence-corrected chi connectivity index (χ4v) is 3.21. The van der Waals surface area contributed by atoms with Gasteiger partial charge in [-0.2, -0.15) is 0 Å². The summed E-state index contributed by atoms with van der Waals surface area (Å²) in [5.41, 5.74) is 2.31. The summed E-state index contributed by atoms with van der Waals surface area (Å²) in [6, 6.07) is 6.32. The molecular formula is C22H39IN4O3. The van der Waals surface area contributed by atoms with Crippen LogP contribution in [0.3, 0.4) is 0 Å². The molecule has 1 aromatic carbocycles. The molecule has 8 heteroatoms. The smallest absolute Gasteiger partial charge is 0.191 e. The van der Waals surface area contributed by atoms with Gasteiger partial charge in [0.05, 0.1) is 12.7 Å². The van der Waals surface area contributed by atoms with Crippen molar-refractivity contribution in [3.63, 3.8) is 0 Å². The molecule has 0 amide bonds. The van der Waals surface area contributed by atoms with Gasteiger partial charge in [0.25, 0.3) is 0 Å². The molecule has 1 aromatic rings. The molecule has 0 aromatic heterocycles. The van der Waals surface area contributed by atoms with Crippen LogP contribution in [0.15, 0.2) is 23.2 Å². The Morgan fingerprint density at radius 3 is 2.83 bits per heavy atom. The summed E-state index contributed by atoms with van der Waals surface area (Å²) >= 11 is 0. The molecule has 1 aliphatic heterocycles. The summed E-state index contributed by atoms with van der Waals surface area (Å²) in [5, 5.41) is 6.77. The molecule has 1 unspecified atom stereocenters. The molecule has 1 fully saturated rings. The van der Waals surface area contributed by atoms with E-state index in [9.17, 15) is 0 Å². The number of benzene rings is 1. The fourth-order valence-electron chi connectivity index (χ4n) is 3.21. The van der Waals surface area contributed by atoms with Crippen molar-refractivity contribution in [3.8, 4) is 5.75 Å². The van der Waals surface area contributed by atoms with E-state index in [1.165, 1.54) is 5.56 Å². The van der Waals surface area contributed by atoms with Crippen molar-refractivity contribution >= 4 is 29.9 Å². The van der Waals surface area contributed by atoms with Crippen molar-refractivity contribution in [2.75, 3.05) is 60.7 Å². The maximum Gasteiger partial charge on any atom is 0.191 e. The fraction of sp³-hybridized carbons (Fsp3) is 0.682. The lowest BCUT2D eigenvalue weighted by molar-refractivity contribution is 0.0676. The normalized spacial score (nSPS) is 16.4. The largest absolute Gasteiger partial charge is 0.491 e. The molecule has 0 aliphatic carbocycles. The number of methoxy groups -OCH3 is 1. The predicted octanol–water partition coefficient (Wildman–Crippen LogP) is 2.80. The van der Waals surface area contributed by atoms with Crippen LogP contribution in [0.1, 0.15) is 30.4 Å². The van der Waals surface area contributed by atoms with Gasteiger partial charge in [-0.15, -0.1) is 24.0 Å². The van der Waals surface area contributed by atoms with E-state index in [0.29, 0.717) is 13.2 Å². The molecule has 2 rings (SSSR count). The van der Waals surface area contributed by atoms with Gasteiger partial charge < -0.3 is 29.7 Å². The minimum atomic E-state index is 0. The van der Waals surface area contributed by atoms with Crippen LogP contribution >= 0.6 is 24.0 Å².